The molecule has 3 aromatic carbocycles. The van der Waals surface area contributed by atoms with Crippen LogP contribution in [0.2, 0.25) is 0 Å². The molecule has 1 aliphatic heterocycles. The van der Waals surface area contributed by atoms with E-state index in [4.69, 9.17) is 4.74 Å². The molecule has 0 saturated carbocycles. The van der Waals surface area contributed by atoms with Crippen LogP contribution < -0.4 is 0 Å². The van der Waals surface area contributed by atoms with Gasteiger partial charge in [-0.1, -0.05) is 78.9 Å². The summed E-state index contributed by atoms with van der Waals surface area (Å²) in [7, 11) is 0. The van der Waals surface area contributed by atoms with Crippen LogP contribution in [0.25, 0.3) is 0 Å². The zero-order chi connectivity index (χ0) is 21.6. The molecule has 1 aliphatic rings. The van der Waals surface area contributed by atoms with E-state index >= 15 is 0 Å². The van der Waals surface area contributed by atoms with E-state index in [9.17, 15) is 14.4 Å². The lowest BCUT2D eigenvalue weighted by molar-refractivity contribution is -0.140. The van der Waals surface area contributed by atoms with E-state index in [1.165, 1.54) is 0 Å². The Morgan fingerprint density at radius 1 is 0.710 bits per heavy atom. The van der Waals surface area contributed by atoms with Crippen molar-refractivity contribution >= 4 is 17.7 Å². The predicted molar refractivity (Wildman–Crippen MR) is 117 cm³/mol. The molecule has 0 radical (unpaired) electrons. The first-order valence-electron chi connectivity index (χ1n) is 10.4. The number of ether oxygens (including phenoxy) is 1. The van der Waals surface area contributed by atoms with Gasteiger partial charge in [0.2, 0.25) is 6.10 Å². The monoisotopic (exact) mass is 413 g/mol. The number of likely N-dealkylation sites (tertiary alicyclic amines) is 1. The fourth-order valence-electron chi connectivity index (χ4n) is 3.77. The highest BCUT2D eigenvalue weighted by molar-refractivity contribution is 6.14. The quantitative estimate of drug-likeness (QED) is 0.443. The van der Waals surface area contributed by atoms with Gasteiger partial charge >= 0.3 is 5.97 Å². The van der Waals surface area contributed by atoms with Gasteiger partial charge in [-0.2, -0.15) is 0 Å². The van der Waals surface area contributed by atoms with E-state index in [1.54, 1.807) is 77.7 Å². The fourth-order valence-corrected chi connectivity index (χ4v) is 3.77. The van der Waals surface area contributed by atoms with Gasteiger partial charge in [0.15, 0.2) is 5.78 Å². The fraction of sp³-hybridized carbons (Fsp3) is 0.192. The highest BCUT2D eigenvalue weighted by Crippen LogP contribution is 2.25. The van der Waals surface area contributed by atoms with Crippen LogP contribution >= 0.6 is 0 Å². The lowest BCUT2D eigenvalue weighted by Gasteiger charge is -2.24. The summed E-state index contributed by atoms with van der Waals surface area (Å²) < 4.78 is 5.74. The van der Waals surface area contributed by atoms with E-state index in [0.717, 1.165) is 12.8 Å². The summed E-state index contributed by atoms with van der Waals surface area (Å²) >= 11 is 0. The summed E-state index contributed by atoms with van der Waals surface area (Å²) in [5, 5.41) is 0. The molecular weight excluding hydrogens is 390 g/mol. The molecule has 1 heterocycles. The molecule has 3 aromatic rings. The molecule has 31 heavy (non-hydrogen) atoms. The largest absolute Gasteiger partial charge is 0.444 e. The number of esters is 1. The topological polar surface area (TPSA) is 63.7 Å². The van der Waals surface area contributed by atoms with Crippen LogP contribution in [-0.4, -0.2) is 35.6 Å². The summed E-state index contributed by atoms with van der Waals surface area (Å²) in [5.41, 5.74) is 1.49. The molecular formula is C26H23NO4. The van der Waals surface area contributed by atoms with E-state index in [-0.39, 0.29) is 22.8 Å². The molecule has 1 amide bonds. The van der Waals surface area contributed by atoms with Gasteiger partial charge in [0.05, 0.1) is 5.56 Å². The maximum atomic E-state index is 13.2. The van der Waals surface area contributed by atoms with Gasteiger partial charge in [0, 0.05) is 29.8 Å². The molecule has 1 fully saturated rings. The van der Waals surface area contributed by atoms with Crippen LogP contribution in [0.3, 0.4) is 0 Å². The molecule has 0 unspecified atom stereocenters. The minimum atomic E-state index is -1.05. The number of carbonyl (C=O) groups is 3. The van der Waals surface area contributed by atoms with Gasteiger partial charge in [-0.25, -0.2) is 4.79 Å². The van der Waals surface area contributed by atoms with Crippen molar-refractivity contribution in [2.24, 2.45) is 0 Å². The third-order valence-electron chi connectivity index (χ3n) is 5.40. The summed E-state index contributed by atoms with van der Waals surface area (Å²) in [6, 6.07) is 24.3. The molecule has 4 rings (SSSR count). The van der Waals surface area contributed by atoms with Crippen molar-refractivity contribution in [1.82, 2.24) is 4.90 Å². The standard InChI is InChI=1S/C26H23NO4/c28-23(19-11-3-1-4-12-19)21-15-7-8-16-22(21)26(30)31-24(20-13-5-2-6-14-20)25(29)27-17-9-10-18-27/h1-8,11-16,24H,9-10,17-18H2/t24-/m0/s1. The zero-order valence-electron chi connectivity index (χ0n) is 17.1. The third-order valence-corrected chi connectivity index (χ3v) is 5.40. The van der Waals surface area contributed by atoms with E-state index < -0.39 is 12.1 Å². The van der Waals surface area contributed by atoms with Gasteiger partial charge in [-0.3, -0.25) is 9.59 Å². The lowest BCUT2D eigenvalue weighted by atomic mass is 9.98. The third kappa shape index (κ3) is 4.56. The number of carbonyl (C=O) groups excluding carboxylic acids is 3. The number of nitrogens with zero attached hydrogens (tertiary/aromatic N) is 1. The van der Waals surface area contributed by atoms with Crippen LogP contribution in [0.15, 0.2) is 84.9 Å². The van der Waals surface area contributed by atoms with E-state index in [2.05, 4.69) is 0 Å². The van der Waals surface area contributed by atoms with Crippen LogP contribution in [-0.2, 0) is 9.53 Å². The Morgan fingerprint density at radius 2 is 1.26 bits per heavy atom. The minimum Gasteiger partial charge on any atom is -0.444 e. The summed E-state index contributed by atoms with van der Waals surface area (Å²) in [4.78, 5) is 41.0. The maximum Gasteiger partial charge on any atom is 0.340 e. The summed E-state index contributed by atoms with van der Waals surface area (Å²) in [6.07, 6.45) is 0.831. The van der Waals surface area contributed by atoms with Gasteiger partial charge in [0.1, 0.15) is 0 Å². The van der Waals surface area contributed by atoms with Crippen molar-refractivity contribution in [2.75, 3.05) is 13.1 Å². The molecule has 5 heteroatoms. The average molecular weight is 413 g/mol. The van der Waals surface area contributed by atoms with Crippen LogP contribution in [0.4, 0.5) is 0 Å². The number of ketones is 1. The number of benzene rings is 3. The first-order chi connectivity index (χ1) is 15.1. The summed E-state index contributed by atoms with van der Waals surface area (Å²) in [6.45, 7) is 1.31. The van der Waals surface area contributed by atoms with Crippen molar-refractivity contribution < 1.29 is 19.1 Å². The predicted octanol–water partition coefficient (Wildman–Crippen LogP) is 4.44. The first-order valence-corrected chi connectivity index (χ1v) is 10.4. The van der Waals surface area contributed by atoms with E-state index in [0.29, 0.717) is 24.2 Å². The molecule has 0 bridgehead atoms. The highest BCUT2D eigenvalue weighted by atomic mass is 16.5. The number of hydrogen-bond donors (Lipinski definition) is 0. The van der Waals surface area contributed by atoms with Gasteiger partial charge in [-0.15, -0.1) is 0 Å². The van der Waals surface area contributed by atoms with Crippen molar-refractivity contribution in [3.05, 3.63) is 107 Å². The Labute approximate surface area is 181 Å². The molecule has 0 aromatic heterocycles. The molecule has 0 spiro atoms. The van der Waals surface area contributed by atoms with Crippen molar-refractivity contribution in [3.8, 4) is 0 Å². The van der Waals surface area contributed by atoms with Gasteiger partial charge in [-0.05, 0) is 18.9 Å². The van der Waals surface area contributed by atoms with Crippen LogP contribution in [0.5, 0.6) is 0 Å². The van der Waals surface area contributed by atoms with Gasteiger partial charge in [0.25, 0.3) is 5.91 Å². The van der Waals surface area contributed by atoms with E-state index in [1.807, 2.05) is 12.1 Å². The lowest BCUT2D eigenvalue weighted by Crippen LogP contribution is -2.35. The minimum absolute atomic E-state index is 0.145. The second-order valence-electron chi connectivity index (χ2n) is 7.47. The van der Waals surface area contributed by atoms with Gasteiger partial charge < -0.3 is 9.64 Å². The van der Waals surface area contributed by atoms with Crippen molar-refractivity contribution in [2.45, 2.75) is 18.9 Å². The average Bonchev–Trinajstić information content (AvgIpc) is 3.38. The van der Waals surface area contributed by atoms with Crippen LogP contribution in [0.1, 0.15) is 50.8 Å². The Balaban J connectivity index is 1.64. The molecule has 156 valence electrons. The molecule has 0 N–H and O–H groups in total. The zero-order valence-corrected chi connectivity index (χ0v) is 17.1. The molecule has 5 nitrogen and oxygen atoms in total. The van der Waals surface area contributed by atoms with Crippen molar-refractivity contribution in [3.63, 3.8) is 0 Å². The Morgan fingerprint density at radius 3 is 1.90 bits per heavy atom. The number of amides is 1. The first kappa shape index (κ1) is 20.5. The van der Waals surface area contributed by atoms with Crippen LogP contribution in [0, 0.1) is 0 Å². The normalized spacial score (nSPS) is 14.1. The number of rotatable bonds is 6. The highest BCUT2D eigenvalue weighted by Gasteiger charge is 2.32. The number of hydrogen-bond acceptors (Lipinski definition) is 4. The summed E-state index contributed by atoms with van der Waals surface area (Å²) in [5.74, 6) is -1.19. The maximum absolute atomic E-state index is 13.2. The Bertz CT molecular complexity index is 1070. The second-order valence-corrected chi connectivity index (χ2v) is 7.47. The SMILES string of the molecule is O=C(O[C@H](C(=O)N1CCCC1)c1ccccc1)c1ccccc1C(=O)c1ccccc1. The molecule has 1 saturated heterocycles. The Kier molecular flexibility index (Phi) is 6.22. The smallest absolute Gasteiger partial charge is 0.340 e. The second kappa shape index (κ2) is 9.39. The Hall–Kier alpha value is -3.73. The van der Waals surface area contributed by atoms with Crippen molar-refractivity contribution in [1.29, 1.82) is 0 Å². The molecule has 0 aliphatic carbocycles. The molecule has 1 atom stereocenters.